The fourth-order valence-electron chi connectivity index (χ4n) is 1.37. The number of rotatable bonds is 6. The van der Waals surface area contributed by atoms with E-state index in [1.165, 1.54) is 23.4 Å². The number of hydrogen-bond donors (Lipinski definition) is 6. The Morgan fingerprint density at radius 2 is 2.20 bits per heavy atom. The lowest BCUT2D eigenvalue weighted by molar-refractivity contribution is -0.481. The molecule has 0 aliphatic carbocycles. The third-order valence-corrected chi connectivity index (χ3v) is 2.74. The molecule has 1 heterocycles. The van der Waals surface area contributed by atoms with Crippen molar-refractivity contribution in [3.05, 3.63) is 35.1 Å². The van der Waals surface area contributed by atoms with Crippen LogP contribution in [0, 0.1) is 0 Å². The van der Waals surface area contributed by atoms with E-state index >= 15 is 0 Å². The predicted molar refractivity (Wildman–Crippen MR) is 83.6 cm³/mol. The highest BCUT2D eigenvalue weighted by atomic mass is 35.5. The molecule has 0 bridgehead atoms. The molecule has 1 aromatic heterocycles. The van der Waals surface area contributed by atoms with E-state index in [4.69, 9.17) is 28.3 Å². The van der Waals surface area contributed by atoms with Gasteiger partial charge in [-0.25, -0.2) is 14.8 Å². The standard InChI is InChI=1S/C12H13ClF3N7O2/c13-7-2-1-3-19-9(7)21-8(10(24)25)4-6(17)5-20-23-11(22-18)12(14,15)16/h1-4,20H,5,17-18H2,(H,22,23)(H,24,25)/p+1/b6-4-,21-8-. The number of alkyl halides is 3. The lowest BCUT2D eigenvalue weighted by atomic mass is 10.3. The molecule has 1 rings (SSSR count). The quantitative estimate of drug-likeness (QED) is 0.156. The van der Waals surface area contributed by atoms with E-state index in [1.54, 1.807) is 5.43 Å². The zero-order valence-corrected chi connectivity index (χ0v) is 13.2. The summed E-state index contributed by atoms with van der Waals surface area (Å²) in [6.45, 7) is -0.344. The van der Waals surface area contributed by atoms with Gasteiger partial charge in [0.1, 0.15) is 0 Å². The van der Waals surface area contributed by atoms with Crippen LogP contribution in [0.2, 0.25) is 5.02 Å². The average Bonchev–Trinajstić information content (AvgIpc) is 2.51. The fraction of sp³-hybridized carbons (Fsp3) is 0.167. The van der Waals surface area contributed by atoms with Crippen LogP contribution in [0.5, 0.6) is 0 Å². The van der Waals surface area contributed by atoms with Crippen LogP contribution >= 0.6 is 11.6 Å². The zero-order chi connectivity index (χ0) is 19.0. The summed E-state index contributed by atoms with van der Waals surface area (Å²) in [6, 6.07) is 2.99. The molecule has 8 N–H and O–H groups in total. The molecule has 0 saturated heterocycles. The molecular formula is C12H14ClF3N7O2+. The van der Waals surface area contributed by atoms with Gasteiger partial charge in [0.15, 0.2) is 11.5 Å². The smallest absolute Gasteiger partial charge is 0.477 e. The maximum atomic E-state index is 12.4. The Bertz CT molecular complexity index is 719. The molecule has 13 heteroatoms. The van der Waals surface area contributed by atoms with Crippen molar-refractivity contribution in [3.63, 3.8) is 0 Å². The van der Waals surface area contributed by atoms with Gasteiger partial charge < -0.3 is 10.8 Å². The molecule has 1 aromatic rings. The molecule has 0 aliphatic heterocycles. The van der Waals surface area contributed by atoms with E-state index in [9.17, 15) is 18.0 Å². The number of hydrazone groups is 1. The number of carboxylic acids is 1. The van der Waals surface area contributed by atoms with Crippen molar-refractivity contribution < 1.29 is 28.2 Å². The minimum Gasteiger partial charge on any atom is -0.477 e. The van der Waals surface area contributed by atoms with Crippen LogP contribution in [0.3, 0.4) is 0 Å². The van der Waals surface area contributed by atoms with Crippen LogP contribution in [0.15, 0.2) is 35.1 Å². The first kappa shape index (κ1) is 20.2. The normalized spacial score (nSPS) is 13.7. The summed E-state index contributed by atoms with van der Waals surface area (Å²) < 4.78 is 37.2. The number of hydrogen-bond acceptors (Lipinski definition) is 6. The number of pyridine rings is 1. The van der Waals surface area contributed by atoms with Crippen molar-refractivity contribution in [2.45, 2.75) is 6.18 Å². The van der Waals surface area contributed by atoms with Gasteiger partial charge in [-0.1, -0.05) is 11.6 Å². The number of aromatic nitrogens is 1. The number of carbonyl (C=O) groups is 1. The average molecular weight is 381 g/mol. The van der Waals surface area contributed by atoms with Crippen molar-refractivity contribution in [3.8, 4) is 0 Å². The Morgan fingerprint density at radius 1 is 1.52 bits per heavy atom. The first-order chi connectivity index (χ1) is 11.6. The summed E-state index contributed by atoms with van der Waals surface area (Å²) >= 11 is 5.82. The highest BCUT2D eigenvalue weighted by molar-refractivity contribution is 6.41. The maximum Gasteiger partial charge on any atom is 0.498 e. The molecule has 0 fully saturated rings. The van der Waals surface area contributed by atoms with E-state index in [0.29, 0.717) is 0 Å². The van der Waals surface area contributed by atoms with Crippen molar-refractivity contribution in [1.82, 2.24) is 15.8 Å². The summed E-state index contributed by atoms with van der Waals surface area (Å²) in [5.41, 5.74) is 8.83. The summed E-state index contributed by atoms with van der Waals surface area (Å²) in [5, 5.41) is 10.7. The minimum atomic E-state index is -4.73. The largest absolute Gasteiger partial charge is 0.498 e. The molecule has 9 nitrogen and oxygen atoms in total. The number of nitrogens with zero attached hydrogens (tertiary/aromatic N) is 2. The zero-order valence-electron chi connectivity index (χ0n) is 12.4. The van der Waals surface area contributed by atoms with Crippen LogP contribution in [0.25, 0.3) is 0 Å². The Kier molecular flexibility index (Phi) is 7.14. The van der Waals surface area contributed by atoms with Gasteiger partial charge in [0.25, 0.3) is 0 Å². The molecule has 0 aromatic carbocycles. The van der Waals surface area contributed by atoms with Crippen molar-refractivity contribution in [1.29, 1.82) is 0 Å². The van der Waals surface area contributed by atoms with E-state index < -0.39 is 23.7 Å². The molecule has 0 saturated carbocycles. The second kappa shape index (κ2) is 8.84. The minimum absolute atomic E-state index is 0.0447. The van der Waals surface area contributed by atoms with Gasteiger partial charge in [-0.3, -0.25) is 5.84 Å². The third-order valence-electron chi connectivity index (χ3n) is 2.44. The Labute approximate surface area is 144 Å². The number of amidine groups is 1. The highest BCUT2D eigenvalue weighted by Gasteiger charge is 2.42. The van der Waals surface area contributed by atoms with Gasteiger partial charge in [0, 0.05) is 11.9 Å². The van der Waals surface area contributed by atoms with Gasteiger partial charge in [-0.05, 0) is 18.2 Å². The number of nitrogens with two attached hydrogens (primary N) is 2. The summed E-state index contributed by atoms with van der Waals surface area (Å²) in [4.78, 5) is 18.7. The number of aliphatic carboxylic acids is 1. The molecular weight excluding hydrogens is 367 g/mol. The second-order valence-corrected chi connectivity index (χ2v) is 4.73. The Hall–Kier alpha value is -2.86. The fourth-order valence-corrected chi connectivity index (χ4v) is 1.53. The van der Waals surface area contributed by atoms with Gasteiger partial charge in [0.2, 0.25) is 0 Å². The lowest BCUT2D eigenvalue weighted by Crippen LogP contribution is -2.86. The maximum absolute atomic E-state index is 12.4. The Morgan fingerprint density at radius 3 is 2.72 bits per heavy atom. The van der Waals surface area contributed by atoms with Crippen LogP contribution in [-0.4, -0.2) is 40.3 Å². The van der Waals surface area contributed by atoms with Crippen LogP contribution in [0.4, 0.5) is 19.0 Å². The Balaban J connectivity index is 2.83. The van der Waals surface area contributed by atoms with Crippen molar-refractivity contribution >= 4 is 34.9 Å². The molecule has 136 valence electrons. The molecule has 0 atom stereocenters. The first-order valence-corrected chi connectivity index (χ1v) is 6.81. The number of hydrazine groups is 2. The monoisotopic (exact) mass is 380 g/mol. The summed E-state index contributed by atoms with van der Waals surface area (Å²) in [7, 11) is 0. The van der Waals surface area contributed by atoms with E-state index in [-0.39, 0.29) is 23.1 Å². The molecule has 0 radical (unpaired) electrons. The molecule has 0 unspecified atom stereocenters. The van der Waals surface area contributed by atoms with Crippen LogP contribution < -0.4 is 27.5 Å². The van der Waals surface area contributed by atoms with Crippen molar-refractivity contribution in [2.75, 3.05) is 6.54 Å². The number of carboxylic acid groups (broad SMARTS) is 1. The third kappa shape index (κ3) is 6.64. The summed E-state index contributed by atoms with van der Waals surface area (Å²) in [5.74, 6) is 1.90. The number of halogens is 4. The van der Waals surface area contributed by atoms with Gasteiger partial charge in [0.05, 0.1) is 11.6 Å². The van der Waals surface area contributed by atoms with Crippen molar-refractivity contribution in [2.24, 2.45) is 16.6 Å². The topological polar surface area (TPSA) is 153 Å². The lowest BCUT2D eigenvalue weighted by Gasteiger charge is -2.06. The van der Waals surface area contributed by atoms with Gasteiger partial charge >= 0.3 is 18.0 Å². The molecule has 0 spiro atoms. The number of nitrogens with one attached hydrogen (secondary N) is 3. The number of aliphatic imine (C=N–C) groups is 1. The van der Waals surface area contributed by atoms with E-state index in [0.717, 1.165) is 6.08 Å². The van der Waals surface area contributed by atoms with Crippen LogP contribution in [-0.2, 0) is 4.79 Å². The first-order valence-electron chi connectivity index (χ1n) is 6.43. The molecule has 25 heavy (non-hydrogen) atoms. The predicted octanol–water partition coefficient (Wildman–Crippen LogP) is -1.26. The molecule has 0 aliphatic rings. The van der Waals surface area contributed by atoms with E-state index in [1.807, 2.05) is 0 Å². The second-order valence-electron chi connectivity index (χ2n) is 4.33. The van der Waals surface area contributed by atoms with Gasteiger partial charge in [-0.15, -0.1) is 0 Å². The summed E-state index contributed by atoms with van der Waals surface area (Å²) in [6.07, 6.45) is -2.42. The molecule has 0 amide bonds. The van der Waals surface area contributed by atoms with Gasteiger partial charge in [-0.2, -0.15) is 29.1 Å². The van der Waals surface area contributed by atoms with Crippen LogP contribution in [0.1, 0.15) is 0 Å². The highest BCUT2D eigenvalue weighted by Crippen LogP contribution is 2.21. The van der Waals surface area contributed by atoms with E-state index in [2.05, 4.69) is 15.4 Å². The SMILES string of the molecule is N/[NH+]=C(\NNC/C(N)=C/C(=N/c1ncccc1Cl)C(=O)O)C(F)(F)F.